The third-order valence-electron chi connectivity index (χ3n) is 0. The molecule has 0 unspecified atom stereocenters. The highest BCUT2D eigenvalue weighted by Gasteiger charge is 1.80. The number of halogens is 12. The minimum absolute atomic E-state index is 0.750. The maximum Gasteiger partial charge on any atom is 0.180 e. The number of rotatable bonds is 0. The fourth-order valence-electron chi connectivity index (χ4n) is 0. The van der Waals surface area contributed by atoms with E-state index < -0.39 is 17.2 Å². The van der Waals surface area contributed by atoms with E-state index in [-0.39, 0.29) is 0 Å². The quantitative estimate of drug-likeness (QED) is 0.311. The average Bonchev–Trinajstić information content (AvgIpc) is 1.76. The summed E-state index contributed by atoms with van der Waals surface area (Å²) in [6, 6.07) is 0. The second kappa shape index (κ2) is 23.6. The lowest BCUT2D eigenvalue weighted by atomic mass is 11.9. The van der Waals surface area contributed by atoms with Crippen molar-refractivity contribution < 1.29 is 0 Å². The van der Waals surface area contributed by atoms with Crippen molar-refractivity contribution in [3.63, 3.8) is 0 Å². The van der Waals surface area contributed by atoms with Crippen molar-refractivity contribution >= 4 is 139 Å². The molecule has 104 valence electrons. The Morgan fingerprint density at radius 2 is 0.250 bits per heavy atom. The fourth-order valence-corrected chi connectivity index (χ4v) is 0. The van der Waals surface area contributed by atoms with Gasteiger partial charge in [-0.2, -0.15) is 0 Å². The summed E-state index contributed by atoms with van der Waals surface area (Å²) in [5.74, 6) is 0. The molecule has 0 amide bonds. The average molecular weight is 478 g/mol. The minimum Gasteiger partial charge on any atom is -0.0874 e. The van der Waals surface area contributed by atoms with E-state index in [1.54, 1.807) is 0 Å². The predicted octanol–water partition coefficient (Wildman–Crippen LogP) is 7.95. The van der Waals surface area contributed by atoms with Gasteiger partial charge in [0, 0.05) is 0 Å². The molecule has 0 saturated heterocycles. The summed E-state index contributed by atoms with van der Waals surface area (Å²) in [5.41, 5.74) is 0. The molecule has 0 spiro atoms. The Bertz CT molecular complexity index is 56.0. The van der Waals surface area contributed by atoms with Crippen LogP contribution in [0, 0.1) is 0 Å². The molecule has 0 N–H and O–H groups in total. The van der Waals surface area contributed by atoms with E-state index in [9.17, 15) is 0 Å². The lowest BCUT2D eigenvalue weighted by Crippen LogP contribution is -1.55. The summed E-state index contributed by atoms with van der Waals surface area (Å²) in [7, 11) is 0. The zero-order valence-electron chi connectivity index (χ0n) is 6.84. The molecule has 0 aliphatic heterocycles. The van der Waals surface area contributed by atoms with Gasteiger partial charge in [0.25, 0.3) is 0 Å². The second-order valence-electron chi connectivity index (χ2n) is 0.990. The van der Waals surface area contributed by atoms with E-state index in [4.69, 9.17) is 139 Å². The Kier molecular flexibility index (Phi) is 40.9. The maximum atomic E-state index is 4.81. The highest BCUT2D eigenvalue weighted by Crippen LogP contribution is 2.04. The van der Waals surface area contributed by atoms with Crippen LogP contribution in [0.4, 0.5) is 0 Å². The Balaban J connectivity index is -0.0000000600. The van der Waals surface area contributed by atoms with Gasteiger partial charge in [-0.3, -0.25) is 0 Å². The lowest BCUT2D eigenvalue weighted by molar-refractivity contribution is 1.96. The molecular weight excluding hydrogens is 473 g/mol. The van der Waals surface area contributed by atoms with Gasteiger partial charge in [-0.1, -0.05) is 139 Å². The van der Waals surface area contributed by atoms with Crippen molar-refractivity contribution in [2.75, 3.05) is 0 Å². The highest BCUT2D eigenvalue weighted by molar-refractivity contribution is 6.64. The molecule has 0 rings (SSSR count). The molecule has 0 heterocycles. The number of hydrogen-bond donors (Lipinski definition) is 0. The first kappa shape index (κ1) is 27.8. The van der Waals surface area contributed by atoms with Crippen molar-refractivity contribution in [3.8, 4) is 0 Å². The smallest absolute Gasteiger partial charge is 0.0874 e. The molecule has 12 heteroatoms. The molecule has 0 aliphatic rings. The zero-order valence-corrected chi connectivity index (χ0v) is 15.9. The van der Waals surface area contributed by atoms with Crippen LogP contribution in [-0.2, 0) is 0 Å². The summed E-state index contributed by atoms with van der Waals surface area (Å²) >= 11 is 57.7. The van der Waals surface area contributed by atoms with Gasteiger partial charge in [-0.05, 0) is 0 Å². The van der Waals surface area contributed by atoms with E-state index in [0.29, 0.717) is 0 Å². The van der Waals surface area contributed by atoms with Crippen LogP contribution < -0.4 is 0 Å². The zero-order chi connectivity index (χ0) is 14.3. The Morgan fingerprint density at radius 1 is 0.250 bits per heavy atom. The van der Waals surface area contributed by atoms with Gasteiger partial charge in [-0.25, -0.2) is 0 Å². The molecule has 0 aromatic heterocycles. The van der Waals surface area contributed by atoms with E-state index in [1.807, 2.05) is 0 Å². The largest absolute Gasteiger partial charge is 0.180 e. The van der Waals surface area contributed by atoms with E-state index in [0.717, 1.165) is 0 Å². The third-order valence-corrected chi connectivity index (χ3v) is 0. The summed E-state index contributed by atoms with van der Waals surface area (Å²) in [6.07, 6.45) is 0. The molecule has 0 bridgehead atoms. The van der Waals surface area contributed by atoms with Crippen LogP contribution in [-0.4, -0.2) is 17.2 Å². The first-order chi connectivity index (χ1) is 6.93. The van der Waals surface area contributed by atoms with Gasteiger partial charge >= 0.3 is 0 Å². The maximum absolute atomic E-state index is 4.81. The van der Waals surface area contributed by atoms with Crippen LogP contribution in [0.15, 0.2) is 0 Å². The number of hydrogen-bond acceptors (Lipinski definition) is 0. The lowest BCUT2D eigenvalue weighted by Gasteiger charge is -1.69. The molecule has 0 aromatic carbocycles. The van der Waals surface area contributed by atoms with Crippen LogP contribution in [0.2, 0.25) is 0 Å². The minimum atomic E-state index is -0.750. The SMILES string of the molecule is ClC(Cl)Cl.ClC(Cl)Cl.ClC(Cl)Cl.ClC(Cl)Cl. The first-order valence-corrected chi connectivity index (χ1v) is 7.86. The van der Waals surface area contributed by atoms with E-state index in [2.05, 4.69) is 0 Å². The van der Waals surface area contributed by atoms with Crippen LogP contribution >= 0.6 is 139 Å². The van der Waals surface area contributed by atoms with Crippen LogP contribution in [0.1, 0.15) is 0 Å². The molecule has 0 nitrogen and oxygen atoms in total. The summed E-state index contributed by atoms with van der Waals surface area (Å²) in [4.78, 5) is 0. The number of alkyl halides is 12. The molecule has 16 heavy (non-hydrogen) atoms. The molecule has 0 atom stereocenters. The van der Waals surface area contributed by atoms with Gasteiger partial charge in [-0.15, -0.1) is 0 Å². The summed E-state index contributed by atoms with van der Waals surface area (Å²) < 4.78 is -3.00. The second-order valence-corrected chi connectivity index (χ2v) is 8.91. The van der Waals surface area contributed by atoms with E-state index in [1.165, 1.54) is 0 Å². The van der Waals surface area contributed by atoms with Crippen LogP contribution in [0.3, 0.4) is 0 Å². The fraction of sp³-hybridized carbons (Fsp3) is 1.00. The van der Waals surface area contributed by atoms with Crippen molar-refractivity contribution in [1.29, 1.82) is 0 Å². The standard InChI is InChI=1S/4CHCl3/c4*2-1(3)4/h4*1H. The Hall–Kier alpha value is 3.48. The van der Waals surface area contributed by atoms with Gasteiger partial charge in [0.05, 0.1) is 0 Å². The Labute approximate surface area is 154 Å². The summed E-state index contributed by atoms with van der Waals surface area (Å²) in [6.45, 7) is 0. The van der Waals surface area contributed by atoms with E-state index >= 15 is 0 Å². The van der Waals surface area contributed by atoms with Gasteiger partial charge in [0.2, 0.25) is 0 Å². The Morgan fingerprint density at radius 3 is 0.250 bits per heavy atom. The molecular formula is C4H4Cl12. The van der Waals surface area contributed by atoms with Crippen molar-refractivity contribution in [3.05, 3.63) is 0 Å². The van der Waals surface area contributed by atoms with Crippen molar-refractivity contribution in [2.45, 2.75) is 17.2 Å². The predicted molar refractivity (Wildman–Crippen MR) is 85.4 cm³/mol. The van der Waals surface area contributed by atoms with Crippen LogP contribution in [0.5, 0.6) is 0 Å². The monoisotopic (exact) mass is 472 g/mol. The topological polar surface area (TPSA) is 0 Å². The molecule has 0 saturated carbocycles. The van der Waals surface area contributed by atoms with Gasteiger partial charge in [0.1, 0.15) is 0 Å². The van der Waals surface area contributed by atoms with Crippen molar-refractivity contribution in [2.24, 2.45) is 0 Å². The molecule has 0 fully saturated rings. The van der Waals surface area contributed by atoms with Crippen molar-refractivity contribution in [1.82, 2.24) is 0 Å². The van der Waals surface area contributed by atoms with Crippen LogP contribution in [0.25, 0.3) is 0 Å². The molecule has 0 aliphatic carbocycles. The molecule has 0 aromatic rings. The normalized spacial score (nSPS) is 9.00. The first-order valence-electron chi connectivity index (χ1n) is 2.62. The van der Waals surface area contributed by atoms with Gasteiger partial charge < -0.3 is 0 Å². The molecule has 0 radical (unpaired) electrons. The third kappa shape index (κ3) is 392. The van der Waals surface area contributed by atoms with Gasteiger partial charge in [0.15, 0.2) is 17.2 Å². The highest BCUT2D eigenvalue weighted by atomic mass is 35.6. The summed E-state index contributed by atoms with van der Waals surface area (Å²) in [5, 5.41) is 0.